The van der Waals surface area contributed by atoms with E-state index in [2.05, 4.69) is 21.7 Å². The van der Waals surface area contributed by atoms with Gasteiger partial charge in [-0.3, -0.25) is 0 Å². The summed E-state index contributed by atoms with van der Waals surface area (Å²) in [5.41, 5.74) is 10.8. The molecule has 0 aliphatic carbocycles. The first-order chi connectivity index (χ1) is 10.9. The summed E-state index contributed by atoms with van der Waals surface area (Å²) in [5.74, 6) is 0. The molecular formula is C16H39N5O2. The highest BCUT2D eigenvalue weighted by atomic mass is 16.3. The standard InChI is InChI=1S/C16H39N5O2/c1-19(9-6-10-21(3)14-16(23)12-18)7-4-5-8-20(2)13-15(22)11-17/h15-16,22-23H,4-14,17-18H2,1-3H3. The topological polar surface area (TPSA) is 102 Å². The van der Waals surface area contributed by atoms with Crippen LogP contribution in [0.1, 0.15) is 19.3 Å². The Labute approximate surface area is 142 Å². The first-order valence-corrected chi connectivity index (χ1v) is 8.70. The summed E-state index contributed by atoms with van der Waals surface area (Å²) < 4.78 is 0. The molecule has 2 atom stereocenters. The van der Waals surface area contributed by atoms with Gasteiger partial charge in [0.05, 0.1) is 12.2 Å². The number of hydrogen-bond acceptors (Lipinski definition) is 7. The van der Waals surface area contributed by atoms with Crippen LogP contribution in [0.25, 0.3) is 0 Å². The van der Waals surface area contributed by atoms with E-state index in [4.69, 9.17) is 11.5 Å². The Morgan fingerprint density at radius 1 is 0.652 bits per heavy atom. The van der Waals surface area contributed by atoms with Crippen LogP contribution in [0.3, 0.4) is 0 Å². The van der Waals surface area contributed by atoms with E-state index in [1.165, 1.54) is 0 Å². The highest BCUT2D eigenvalue weighted by Gasteiger charge is 2.07. The second-order valence-electron chi connectivity index (χ2n) is 6.67. The number of likely N-dealkylation sites (N-methyl/N-ethyl adjacent to an activating group) is 2. The van der Waals surface area contributed by atoms with Gasteiger partial charge >= 0.3 is 0 Å². The lowest BCUT2D eigenvalue weighted by molar-refractivity contribution is 0.128. The summed E-state index contributed by atoms with van der Waals surface area (Å²) in [6.45, 7) is 6.04. The Kier molecular flexibility index (Phi) is 13.9. The van der Waals surface area contributed by atoms with Crippen molar-refractivity contribution in [3.8, 4) is 0 Å². The molecule has 0 bridgehead atoms. The van der Waals surface area contributed by atoms with Crippen molar-refractivity contribution in [3.63, 3.8) is 0 Å². The van der Waals surface area contributed by atoms with Crippen LogP contribution in [0.5, 0.6) is 0 Å². The maximum absolute atomic E-state index is 9.49. The van der Waals surface area contributed by atoms with Crippen LogP contribution >= 0.6 is 0 Å². The van der Waals surface area contributed by atoms with Crippen LogP contribution in [0.2, 0.25) is 0 Å². The second kappa shape index (κ2) is 14.1. The van der Waals surface area contributed by atoms with E-state index in [-0.39, 0.29) is 0 Å². The van der Waals surface area contributed by atoms with Crippen molar-refractivity contribution in [1.29, 1.82) is 0 Å². The highest BCUT2D eigenvalue weighted by molar-refractivity contribution is 4.64. The van der Waals surface area contributed by atoms with Gasteiger partial charge in [0.2, 0.25) is 0 Å². The molecule has 0 aromatic heterocycles. The second-order valence-corrected chi connectivity index (χ2v) is 6.67. The molecule has 6 N–H and O–H groups in total. The van der Waals surface area contributed by atoms with E-state index < -0.39 is 12.2 Å². The molecular weight excluding hydrogens is 294 g/mol. The summed E-state index contributed by atoms with van der Waals surface area (Å²) in [5, 5.41) is 19.0. The van der Waals surface area contributed by atoms with Crippen molar-refractivity contribution in [1.82, 2.24) is 14.7 Å². The maximum atomic E-state index is 9.49. The van der Waals surface area contributed by atoms with E-state index >= 15 is 0 Å². The number of aliphatic hydroxyl groups is 2. The molecule has 0 aromatic rings. The zero-order valence-corrected chi connectivity index (χ0v) is 15.3. The van der Waals surface area contributed by atoms with Gasteiger partial charge in [0.25, 0.3) is 0 Å². The lowest BCUT2D eigenvalue weighted by Crippen LogP contribution is -2.35. The van der Waals surface area contributed by atoms with Crippen molar-refractivity contribution < 1.29 is 10.2 Å². The predicted octanol–water partition coefficient (Wildman–Crippen LogP) is -1.41. The average molecular weight is 334 g/mol. The van der Waals surface area contributed by atoms with Crippen molar-refractivity contribution in [2.24, 2.45) is 11.5 Å². The van der Waals surface area contributed by atoms with Crippen molar-refractivity contribution in [3.05, 3.63) is 0 Å². The van der Waals surface area contributed by atoms with Gasteiger partial charge in [-0.2, -0.15) is 0 Å². The quantitative estimate of drug-likeness (QED) is 0.273. The molecule has 2 unspecified atom stereocenters. The Morgan fingerprint density at radius 3 is 1.43 bits per heavy atom. The summed E-state index contributed by atoms with van der Waals surface area (Å²) >= 11 is 0. The molecule has 0 amide bonds. The lowest BCUT2D eigenvalue weighted by Gasteiger charge is -2.22. The number of hydrogen-bond donors (Lipinski definition) is 4. The molecule has 0 radical (unpaired) electrons. The first-order valence-electron chi connectivity index (χ1n) is 8.70. The van der Waals surface area contributed by atoms with Gasteiger partial charge in [-0.25, -0.2) is 0 Å². The van der Waals surface area contributed by atoms with Crippen LogP contribution in [0, 0.1) is 0 Å². The van der Waals surface area contributed by atoms with Crippen LogP contribution in [-0.2, 0) is 0 Å². The number of unbranched alkanes of at least 4 members (excludes halogenated alkanes) is 1. The summed E-state index contributed by atoms with van der Waals surface area (Å²) in [6.07, 6.45) is 2.53. The van der Waals surface area contributed by atoms with Gasteiger partial charge < -0.3 is 36.4 Å². The lowest BCUT2D eigenvalue weighted by atomic mass is 10.2. The van der Waals surface area contributed by atoms with Gasteiger partial charge in [-0.15, -0.1) is 0 Å². The molecule has 7 heteroatoms. The summed E-state index contributed by atoms with van der Waals surface area (Å²) in [6, 6.07) is 0. The van der Waals surface area contributed by atoms with Crippen LogP contribution < -0.4 is 11.5 Å². The average Bonchev–Trinajstić information content (AvgIpc) is 2.51. The summed E-state index contributed by atoms with van der Waals surface area (Å²) in [7, 11) is 6.19. The van der Waals surface area contributed by atoms with Gasteiger partial charge in [-0.1, -0.05) is 0 Å². The molecule has 0 aliphatic heterocycles. The molecule has 0 saturated carbocycles. The van der Waals surface area contributed by atoms with Crippen LogP contribution in [0.4, 0.5) is 0 Å². The number of nitrogens with two attached hydrogens (primary N) is 2. The normalized spacial score (nSPS) is 14.9. The third-order valence-corrected chi connectivity index (χ3v) is 4.00. The van der Waals surface area contributed by atoms with E-state index in [0.717, 1.165) is 45.4 Å². The van der Waals surface area contributed by atoms with Gasteiger partial charge in [0.15, 0.2) is 0 Å². The van der Waals surface area contributed by atoms with E-state index in [1.807, 2.05) is 14.1 Å². The number of nitrogens with zero attached hydrogens (tertiary/aromatic N) is 3. The molecule has 0 saturated heterocycles. The SMILES string of the molecule is CN(CCCCN(C)CC(O)CN)CCCN(C)CC(O)CN. The van der Waals surface area contributed by atoms with Crippen LogP contribution in [0.15, 0.2) is 0 Å². The van der Waals surface area contributed by atoms with Gasteiger partial charge in [0.1, 0.15) is 0 Å². The van der Waals surface area contributed by atoms with E-state index in [0.29, 0.717) is 26.2 Å². The fourth-order valence-corrected chi connectivity index (χ4v) is 2.54. The fourth-order valence-electron chi connectivity index (χ4n) is 2.54. The molecule has 0 fully saturated rings. The molecule has 0 rings (SSSR count). The predicted molar refractivity (Wildman–Crippen MR) is 96.5 cm³/mol. The molecule has 7 nitrogen and oxygen atoms in total. The van der Waals surface area contributed by atoms with Crippen molar-refractivity contribution in [2.75, 3.05) is 73.5 Å². The van der Waals surface area contributed by atoms with E-state index in [9.17, 15) is 10.2 Å². The number of aliphatic hydroxyl groups excluding tert-OH is 2. The molecule has 0 aliphatic rings. The van der Waals surface area contributed by atoms with Gasteiger partial charge in [0, 0.05) is 26.2 Å². The van der Waals surface area contributed by atoms with Crippen molar-refractivity contribution in [2.45, 2.75) is 31.5 Å². The van der Waals surface area contributed by atoms with E-state index in [1.54, 1.807) is 0 Å². The Bertz CT molecular complexity index is 271. The zero-order valence-electron chi connectivity index (χ0n) is 15.3. The molecule has 0 aromatic carbocycles. The summed E-state index contributed by atoms with van der Waals surface area (Å²) in [4.78, 5) is 6.61. The Morgan fingerprint density at radius 2 is 1.00 bits per heavy atom. The van der Waals surface area contributed by atoms with Crippen LogP contribution in [-0.4, -0.2) is 111 Å². The zero-order chi connectivity index (χ0) is 17.7. The highest BCUT2D eigenvalue weighted by Crippen LogP contribution is 1.99. The Hall–Kier alpha value is -0.280. The maximum Gasteiger partial charge on any atom is 0.0788 e. The minimum atomic E-state index is -0.424. The smallest absolute Gasteiger partial charge is 0.0788 e. The third-order valence-electron chi connectivity index (χ3n) is 4.00. The van der Waals surface area contributed by atoms with Crippen molar-refractivity contribution >= 4 is 0 Å². The first kappa shape index (κ1) is 22.7. The Balaban J connectivity index is 3.55. The molecule has 0 spiro atoms. The monoisotopic (exact) mass is 333 g/mol. The third kappa shape index (κ3) is 13.8. The molecule has 140 valence electrons. The number of rotatable bonds is 15. The minimum Gasteiger partial charge on any atom is -0.390 e. The minimum absolute atomic E-state index is 0.320. The largest absolute Gasteiger partial charge is 0.390 e. The molecule has 23 heavy (non-hydrogen) atoms. The van der Waals surface area contributed by atoms with Gasteiger partial charge in [-0.05, 0) is 66.6 Å². The molecule has 0 heterocycles. The fraction of sp³-hybridized carbons (Fsp3) is 1.00.